The second-order valence-electron chi connectivity index (χ2n) is 8.41. The molecule has 0 saturated heterocycles. The highest BCUT2D eigenvalue weighted by molar-refractivity contribution is 7.98. The maximum Gasteiger partial charge on any atom is 0.326 e. The van der Waals surface area contributed by atoms with Crippen molar-refractivity contribution in [3.05, 3.63) is 29.8 Å². The third-order valence-corrected chi connectivity index (χ3v) is 6.00. The average Bonchev–Trinajstić information content (AvgIpc) is 2.87. The van der Waals surface area contributed by atoms with Crippen molar-refractivity contribution in [1.29, 1.82) is 0 Å². The Balaban J connectivity index is 2.94. The number of carboxylic acid groups (broad SMARTS) is 1. The lowest BCUT2D eigenvalue weighted by Gasteiger charge is -2.24. The van der Waals surface area contributed by atoms with Crippen LogP contribution >= 0.6 is 11.8 Å². The predicted molar refractivity (Wildman–Crippen MR) is 143 cm³/mol. The number of hydrogen-bond acceptors (Lipinski definition) is 9. The van der Waals surface area contributed by atoms with E-state index in [2.05, 4.69) is 20.9 Å². The predicted octanol–water partition coefficient (Wildman–Crippen LogP) is -2.40. The smallest absolute Gasteiger partial charge is 0.326 e. The Labute approximate surface area is 224 Å². The van der Waals surface area contributed by atoms with E-state index in [1.807, 2.05) is 0 Å². The van der Waals surface area contributed by atoms with E-state index in [-0.39, 0.29) is 37.5 Å². The first-order valence-electron chi connectivity index (χ1n) is 11.8. The van der Waals surface area contributed by atoms with Gasteiger partial charge in [0.05, 0.1) is 12.6 Å². The van der Waals surface area contributed by atoms with E-state index >= 15 is 0 Å². The van der Waals surface area contributed by atoms with E-state index in [0.29, 0.717) is 17.7 Å². The molecule has 0 saturated carbocycles. The highest BCUT2D eigenvalue weighted by Crippen LogP contribution is 2.12. The van der Waals surface area contributed by atoms with Crippen LogP contribution in [0.5, 0.6) is 5.75 Å². The standard InChI is InChI=1S/C23H37N7O7S/c1-38-10-8-16(22(36)37)28-20(34)17(11-13-4-6-14(32)7-5-13)29-21(35)18(12-31)30-19(33)15(24)3-2-9-27-23(25)26/h4-7,15-18,31-32H,2-3,8-12,24H2,1H3,(H,28,34)(H,29,35)(H,30,33)(H,36,37)(H4,25,26,27). The molecule has 0 aliphatic heterocycles. The molecule has 0 fully saturated rings. The van der Waals surface area contributed by atoms with Crippen LogP contribution in [0.4, 0.5) is 0 Å². The van der Waals surface area contributed by atoms with Crippen molar-refractivity contribution in [2.24, 2.45) is 22.2 Å². The second-order valence-corrected chi connectivity index (χ2v) is 9.40. The molecule has 0 aromatic heterocycles. The molecule has 3 amide bonds. The number of aliphatic hydroxyl groups excluding tert-OH is 1. The van der Waals surface area contributed by atoms with Gasteiger partial charge in [-0.3, -0.25) is 19.4 Å². The first-order valence-corrected chi connectivity index (χ1v) is 13.2. The first-order chi connectivity index (χ1) is 18.0. The molecule has 4 atom stereocenters. The van der Waals surface area contributed by atoms with E-state index in [1.54, 1.807) is 6.26 Å². The molecule has 0 radical (unpaired) electrons. The second kappa shape index (κ2) is 17.0. The molecule has 4 unspecified atom stereocenters. The number of nitrogens with two attached hydrogens (primary N) is 3. The average molecular weight is 556 g/mol. The van der Waals surface area contributed by atoms with Gasteiger partial charge >= 0.3 is 5.97 Å². The molecule has 0 aliphatic rings. The van der Waals surface area contributed by atoms with Crippen LogP contribution in [-0.4, -0.2) is 94.3 Å². The molecule has 14 nitrogen and oxygen atoms in total. The number of thioether (sulfide) groups is 1. The number of benzene rings is 1. The quantitative estimate of drug-likeness (QED) is 0.0556. The van der Waals surface area contributed by atoms with Gasteiger partial charge in [-0.05, 0) is 49.0 Å². The lowest BCUT2D eigenvalue weighted by atomic mass is 10.0. The summed E-state index contributed by atoms with van der Waals surface area (Å²) in [6, 6.07) is 1.02. The number of amides is 3. The summed E-state index contributed by atoms with van der Waals surface area (Å²) in [6.07, 6.45) is 2.52. The summed E-state index contributed by atoms with van der Waals surface area (Å²) in [5.41, 5.74) is 16.9. The molecule has 12 N–H and O–H groups in total. The number of nitrogens with zero attached hydrogens (tertiary/aromatic N) is 1. The van der Waals surface area contributed by atoms with E-state index < -0.39 is 54.5 Å². The van der Waals surface area contributed by atoms with Crippen LogP contribution in [0, 0.1) is 0 Å². The zero-order chi connectivity index (χ0) is 28.7. The SMILES string of the molecule is CSCCC(NC(=O)C(Cc1ccc(O)cc1)NC(=O)C(CO)NC(=O)C(N)CCCN=C(N)N)C(=O)O. The van der Waals surface area contributed by atoms with Crippen molar-refractivity contribution < 1.29 is 34.5 Å². The van der Waals surface area contributed by atoms with Gasteiger partial charge in [0.15, 0.2) is 5.96 Å². The van der Waals surface area contributed by atoms with Crippen LogP contribution < -0.4 is 33.2 Å². The van der Waals surface area contributed by atoms with Gasteiger partial charge in [-0.25, -0.2) is 4.79 Å². The molecular formula is C23H37N7O7S. The third kappa shape index (κ3) is 12.1. The highest BCUT2D eigenvalue weighted by Gasteiger charge is 2.30. The van der Waals surface area contributed by atoms with Gasteiger partial charge in [0.25, 0.3) is 0 Å². The Morgan fingerprint density at radius 3 is 2.08 bits per heavy atom. The fourth-order valence-electron chi connectivity index (χ4n) is 3.24. The summed E-state index contributed by atoms with van der Waals surface area (Å²) in [4.78, 5) is 53.7. The number of nitrogens with one attached hydrogen (secondary N) is 3. The molecule has 0 spiro atoms. The molecule has 1 aromatic rings. The van der Waals surface area contributed by atoms with Crippen molar-refractivity contribution in [3.63, 3.8) is 0 Å². The molecular weight excluding hydrogens is 518 g/mol. The van der Waals surface area contributed by atoms with Crippen LogP contribution in [-0.2, 0) is 25.6 Å². The van der Waals surface area contributed by atoms with Gasteiger partial charge < -0.3 is 48.5 Å². The van der Waals surface area contributed by atoms with Crippen molar-refractivity contribution in [2.45, 2.75) is 49.9 Å². The first kappa shape index (κ1) is 32.5. The summed E-state index contributed by atoms with van der Waals surface area (Å²) in [7, 11) is 0. The van der Waals surface area contributed by atoms with Crippen LogP contribution in [0.1, 0.15) is 24.8 Å². The van der Waals surface area contributed by atoms with E-state index in [9.17, 15) is 34.5 Å². The fraction of sp³-hybridized carbons (Fsp3) is 0.522. The minimum Gasteiger partial charge on any atom is -0.508 e. The summed E-state index contributed by atoms with van der Waals surface area (Å²) in [5, 5.41) is 35.9. The zero-order valence-corrected chi connectivity index (χ0v) is 21.9. The van der Waals surface area contributed by atoms with Crippen molar-refractivity contribution in [3.8, 4) is 5.75 Å². The fourth-order valence-corrected chi connectivity index (χ4v) is 3.71. The van der Waals surface area contributed by atoms with Crippen molar-refractivity contribution in [1.82, 2.24) is 16.0 Å². The number of aliphatic hydroxyl groups is 1. The van der Waals surface area contributed by atoms with Crippen LogP contribution in [0.2, 0.25) is 0 Å². The molecule has 1 rings (SSSR count). The Bertz CT molecular complexity index is 958. The highest BCUT2D eigenvalue weighted by atomic mass is 32.2. The summed E-state index contributed by atoms with van der Waals surface area (Å²) in [5.74, 6) is -3.17. The summed E-state index contributed by atoms with van der Waals surface area (Å²) in [6.45, 7) is -0.521. The lowest BCUT2D eigenvalue weighted by Crippen LogP contribution is -2.58. The lowest BCUT2D eigenvalue weighted by molar-refractivity contribution is -0.142. The number of rotatable bonds is 17. The van der Waals surface area contributed by atoms with Gasteiger partial charge in [0.1, 0.15) is 23.9 Å². The van der Waals surface area contributed by atoms with Crippen molar-refractivity contribution >= 4 is 41.4 Å². The normalized spacial score (nSPS) is 13.9. The van der Waals surface area contributed by atoms with Crippen molar-refractivity contribution in [2.75, 3.05) is 25.2 Å². The molecule has 0 aliphatic carbocycles. The number of aromatic hydroxyl groups is 1. The Kier molecular flexibility index (Phi) is 14.6. The number of guanidine groups is 1. The number of hydrogen-bond donors (Lipinski definition) is 9. The minimum absolute atomic E-state index is 0.000474. The van der Waals surface area contributed by atoms with Gasteiger partial charge in [0, 0.05) is 13.0 Å². The maximum atomic E-state index is 13.0. The van der Waals surface area contributed by atoms with Crippen LogP contribution in [0.3, 0.4) is 0 Å². The number of carbonyl (C=O) groups is 4. The molecule has 15 heteroatoms. The monoisotopic (exact) mass is 555 g/mol. The topological polar surface area (TPSA) is 255 Å². The number of aliphatic carboxylic acids is 1. The Morgan fingerprint density at radius 1 is 0.947 bits per heavy atom. The molecule has 212 valence electrons. The number of phenols is 1. The number of phenolic OH excluding ortho intramolecular Hbond substituents is 1. The summed E-state index contributed by atoms with van der Waals surface area (Å²) >= 11 is 1.42. The number of carboxylic acids is 1. The molecule has 0 heterocycles. The van der Waals surface area contributed by atoms with E-state index in [4.69, 9.17) is 17.2 Å². The zero-order valence-electron chi connectivity index (χ0n) is 21.1. The summed E-state index contributed by atoms with van der Waals surface area (Å²) < 4.78 is 0. The molecule has 0 bridgehead atoms. The molecule has 38 heavy (non-hydrogen) atoms. The van der Waals surface area contributed by atoms with Gasteiger partial charge in [-0.2, -0.15) is 11.8 Å². The third-order valence-electron chi connectivity index (χ3n) is 5.35. The number of aliphatic imine (C=N–C) groups is 1. The van der Waals surface area contributed by atoms with E-state index in [1.165, 1.54) is 36.0 Å². The number of carbonyl (C=O) groups excluding carboxylic acids is 3. The van der Waals surface area contributed by atoms with Gasteiger partial charge in [-0.1, -0.05) is 12.1 Å². The minimum atomic E-state index is -1.42. The van der Waals surface area contributed by atoms with Gasteiger partial charge in [0.2, 0.25) is 17.7 Å². The maximum absolute atomic E-state index is 13.0. The Morgan fingerprint density at radius 2 is 1.53 bits per heavy atom. The van der Waals surface area contributed by atoms with Gasteiger partial charge in [-0.15, -0.1) is 0 Å². The molecule has 1 aromatic carbocycles. The van der Waals surface area contributed by atoms with Crippen LogP contribution in [0.15, 0.2) is 29.3 Å². The van der Waals surface area contributed by atoms with E-state index in [0.717, 1.165) is 0 Å². The largest absolute Gasteiger partial charge is 0.508 e. The Hall–Kier alpha value is -3.56. The van der Waals surface area contributed by atoms with Crippen LogP contribution in [0.25, 0.3) is 0 Å².